The minimum Gasteiger partial charge on any atom is -0.381 e. The first-order valence-electron chi connectivity index (χ1n) is 9.27. The predicted octanol–water partition coefficient (Wildman–Crippen LogP) is 6.17. The zero-order valence-electron chi connectivity index (χ0n) is 16.0. The van der Waals surface area contributed by atoms with Gasteiger partial charge in [0.05, 0.1) is 6.61 Å². The van der Waals surface area contributed by atoms with Crippen LogP contribution in [0.2, 0.25) is 0 Å². The number of hydrogen-bond acceptors (Lipinski definition) is 1. The predicted molar refractivity (Wildman–Crippen MR) is 93.5 cm³/mol. The molecule has 0 aromatic carbocycles. The summed E-state index contributed by atoms with van der Waals surface area (Å²) in [6.07, 6.45) is 5.67. The molecule has 2 rings (SSSR count). The van der Waals surface area contributed by atoms with Crippen LogP contribution in [0.25, 0.3) is 0 Å². The number of ether oxygens (including phenoxy) is 1. The first-order valence-corrected chi connectivity index (χ1v) is 9.27. The van der Waals surface area contributed by atoms with Gasteiger partial charge in [-0.25, -0.2) is 0 Å². The van der Waals surface area contributed by atoms with Gasteiger partial charge in [-0.3, -0.25) is 0 Å². The Kier molecular flexibility index (Phi) is 6.78. The topological polar surface area (TPSA) is 9.23 Å². The molecule has 1 heteroatoms. The molecule has 1 saturated heterocycles. The molecule has 1 nitrogen and oxygen atoms in total. The SMILES string of the molecule is CC(C)C1(C(C)C)CCC1.CC(C)C1(C(C)C)CCOC1. The maximum Gasteiger partial charge on any atom is 0.0528 e. The molecule has 2 fully saturated rings. The van der Waals surface area contributed by atoms with E-state index in [1.165, 1.54) is 25.7 Å². The fourth-order valence-corrected chi connectivity index (χ4v) is 4.58. The van der Waals surface area contributed by atoms with E-state index < -0.39 is 0 Å². The fraction of sp³-hybridized carbons (Fsp3) is 1.00. The summed E-state index contributed by atoms with van der Waals surface area (Å²) in [4.78, 5) is 0. The van der Waals surface area contributed by atoms with Crippen LogP contribution in [0.4, 0.5) is 0 Å². The van der Waals surface area contributed by atoms with Gasteiger partial charge in [0.1, 0.15) is 0 Å². The molecule has 1 saturated carbocycles. The number of rotatable bonds is 4. The molecular formula is C20H40O. The van der Waals surface area contributed by atoms with Crippen LogP contribution < -0.4 is 0 Å². The molecule has 1 aliphatic carbocycles. The van der Waals surface area contributed by atoms with Crippen molar-refractivity contribution >= 4 is 0 Å². The summed E-state index contributed by atoms with van der Waals surface area (Å²) in [5.74, 6) is 3.29. The largest absolute Gasteiger partial charge is 0.381 e. The standard InChI is InChI=1S/C10H20O.C10H20/c1-8(2)10(9(3)4)5-6-11-7-10;1-8(2)10(9(3)4)6-5-7-10/h8-9H,5-7H2,1-4H3;8-9H,5-7H2,1-4H3. The second-order valence-corrected chi connectivity index (χ2v) is 8.74. The Hall–Kier alpha value is -0.0400. The van der Waals surface area contributed by atoms with Crippen molar-refractivity contribution in [2.45, 2.75) is 81.1 Å². The minimum atomic E-state index is 0.472. The molecule has 2 aliphatic rings. The molecule has 0 amide bonds. The van der Waals surface area contributed by atoms with E-state index in [4.69, 9.17) is 4.74 Å². The molecule has 0 radical (unpaired) electrons. The van der Waals surface area contributed by atoms with Gasteiger partial charge in [0.25, 0.3) is 0 Å². The van der Waals surface area contributed by atoms with Crippen molar-refractivity contribution < 1.29 is 4.74 Å². The van der Waals surface area contributed by atoms with E-state index in [1.807, 2.05) is 0 Å². The second kappa shape index (κ2) is 7.49. The molecule has 0 aromatic heterocycles. The van der Waals surface area contributed by atoms with Crippen molar-refractivity contribution in [3.8, 4) is 0 Å². The lowest BCUT2D eigenvalue weighted by Gasteiger charge is -2.49. The van der Waals surface area contributed by atoms with E-state index in [0.29, 0.717) is 5.41 Å². The summed E-state index contributed by atoms with van der Waals surface area (Å²) in [5.41, 5.74) is 1.19. The molecule has 0 N–H and O–H groups in total. The van der Waals surface area contributed by atoms with E-state index >= 15 is 0 Å². The van der Waals surface area contributed by atoms with Gasteiger partial charge < -0.3 is 4.74 Å². The molecule has 21 heavy (non-hydrogen) atoms. The minimum absolute atomic E-state index is 0.472. The third-order valence-corrected chi connectivity index (χ3v) is 6.97. The average Bonchev–Trinajstić information content (AvgIpc) is 2.76. The molecule has 126 valence electrons. The Morgan fingerprint density at radius 3 is 1.14 bits per heavy atom. The normalized spacial score (nSPS) is 23.4. The summed E-state index contributed by atoms with van der Waals surface area (Å²) in [6.45, 7) is 20.7. The highest BCUT2D eigenvalue weighted by atomic mass is 16.5. The number of hydrogen-bond donors (Lipinski definition) is 0. The van der Waals surface area contributed by atoms with E-state index in [-0.39, 0.29) is 0 Å². The van der Waals surface area contributed by atoms with Gasteiger partial charge in [0, 0.05) is 12.0 Å². The Morgan fingerprint density at radius 2 is 1.05 bits per heavy atom. The van der Waals surface area contributed by atoms with Crippen molar-refractivity contribution in [1.82, 2.24) is 0 Å². The Bertz CT molecular complexity index is 271. The lowest BCUT2D eigenvalue weighted by molar-refractivity contribution is 0.0135. The van der Waals surface area contributed by atoms with E-state index in [0.717, 1.165) is 42.3 Å². The van der Waals surface area contributed by atoms with E-state index in [9.17, 15) is 0 Å². The maximum atomic E-state index is 5.48. The second-order valence-electron chi connectivity index (χ2n) is 8.74. The van der Waals surface area contributed by atoms with Gasteiger partial charge in [0.15, 0.2) is 0 Å². The van der Waals surface area contributed by atoms with Crippen molar-refractivity contribution in [2.24, 2.45) is 34.5 Å². The van der Waals surface area contributed by atoms with Gasteiger partial charge >= 0.3 is 0 Å². The summed E-state index contributed by atoms with van der Waals surface area (Å²) < 4.78 is 5.48. The molecule has 0 unspecified atom stereocenters. The zero-order chi connectivity index (χ0) is 16.3. The highest BCUT2D eigenvalue weighted by Gasteiger charge is 2.42. The summed E-state index contributed by atoms with van der Waals surface area (Å²) >= 11 is 0. The molecule has 1 aliphatic heterocycles. The molecule has 0 bridgehead atoms. The van der Waals surface area contributed by atoms with Gasteiger partial charge in [0.2, 0.25) is 0 Å². The van der Waals surface area contributed by atoms with Crippen LogP contribution in [0.5, 0.6) is 0 Å². The molecular weight excluding hydrogens is 256 g/mol. The third-order valence-electron chi connectivity index (χ3n) is 6.97. The highest BCUT2D eigenvalue weighted by molar-refractivity contribution is 4.92. The van der Waals surface area contributed by atoms with Crippen LogP contribution in [0.1, 0.15) is 81.1 Å². The Morgan fingerprint density at radius 1 is 0.619 bits per heavy atom. The van der Waals surface area contributed by atoms with Crippen LogP contribution >= 0.6 is 0 Å². The monoisotopic (exact) mass is 296 g/mol. The van der Waals surface area contributed by atoms with Gasteiger partial charge in [-0.15, -0.1) is 0 Å². The fourth-order valence-electron chi connectivity index (χ4n) is 4.58. The molecule has 0 spiro atoms. The Labute approximate surface area is 134 Å². The van der Waals surface area contributed by atoms with Crippen LogP contribution in [0, 0.1) is 34.5 Å². The van der Waals surface area contributed by atoms with Crippen molar-refractivity contribution in [2.75, 3.05) is 13.2 Å². The van der Waals surface area contributed by atoms with Crippen molar-refractivity contribution in [3.05, 3.63) is 0 Å². The van der Waals surface area contributed by atoms with Crippen LogP contribution in [0.15, 0.2) is 0 Å². The first kappa shape index (κ1) is 19.0. The van der Waals surface area contributed by atoms with Crippen LogP contribution in [-0.2, 0) is 4.74 Å². The third kappa shape index (κ3) is 3.84. The first-order chi connectivity index (χ1) is 9.69. The van der Waals surface area contributed by atoms with E-state index in [1.54, 1.807) is 0 Å². The summed E-state index contributed by atoms with van der Waals surface area (Å²) in [7, 11) is 0. The quantitative estimate of drug-likeness (QED) is 0.602. The smallest absolute Gasteiger partial charge is 0.0528 e. The molecule has 1 heterocycles. The van der Waals surface area contributed by atoms with E-state index in [2.05, 4.69) is 55.4 Å². The van der Waals surface area contributed by atoms with Gasteiger partial charge in [-0.05, 0) is 48.3 Å². The van der Waals surface area contributed by atoms with Gasteiger partial charge in [-0.2, -0.15) is 0 Å². The summed E-state index contributed by atoms with van der Waals surface area (Å²) in [6, 6.07) is 0. The van der Waals surface area contributed by atoms with Crippen LogP contribution in [0.3, 0.4) is 0 Å². The van der Waals surface area contributed by atoms with Crippen LogP contribution in [-0.4, -0.2) is 13.2 Å². The lowest BCUT2D eigenvalue weighted by atomic mass is 9.56. The zero-order valence-corrected chi connectivity index (χ0v) is 16.0. The maximum absolute atomic E-state index is 5.48. The van der Waals surface area contributed by atoms with Crippen molar-refractivity contribution in [3.63, 3.8) is 0 Å². The average molecular weight is 297 g/mol. The highest BCUT2D eigenvalue weighted by Crippen LogP contribution is 2.52. The van der Waals surface area contributed by atoms with Gasteiger partial charge in [-0.1, -0.05) is 61.8 Å². The Balaban J connectivity index is 0.000000211. The summed E-state index contributed by atoms with van der Waals surface area (Å²) in [5, 5.41) is 0. The lowest BCUT2D eigenvalue weighted by Crippen LogP contribution is -2.39. The molecule has 0 aromatic rings. The van der Waals surface area contributed by atoms with Crippen molar-refractivity contribution in [1.29, 1.82) is 0 Å². The molecule has 0 atom stereocenters.